The standard InChI is InChI=1S/C14H14N2OS/c1-10-8-14(13(9-15)11(2)16-10)17-6-5-12-4-3-7-18-12/h3-4,7-8H,5-6H2,1-2H3. The molecule has 2 rings (SSSR count). The monoisotopic (exact) mass is 258 g/mol. The van der Waals surface area contributed by atoms with Crippen molar-refractivity contribution < 1.29 is 4.74 Å². The lowest BCUT2D eigenvalue weighted by molar-refractivity contribution is 0.321. The number of aromatic nitrogens is 1. The third-order valence-electron chi connectivity index (χ3n) is 2.59. The summed E-state index contributed by atoms with van der Waals surface area (Å²) in [6.07, 6.45) is 0.864. The fraction of sp³-hybridized carbons (Fsp3) is 0.286. The second kappa shape index (κ2) is 5.65. The fourth-order valence-electron chi connectivity index (χ4n) is 1.76. The molecule has 18 heavy (non-hydrogen) atoms. The molecule has 3 nitrogen and oxygen atoms in total. The van der Waals surface area contributed by atoms with Crippen molar-refractivity contribution in [3.63, 3.8) is 0 Å². The van der Waals surface area contributed by atoms with Crippen LogP contribution in [0.25, 0.3) is 0 Å². The summed E-state index contributed by atoms with van der Waals surface area (Å²) in [5.41, 5.74) is 2.13. The zero-order chi connectivity index (χ0) is 13.0. The van der Waals surface area contributed by atoms with Crippen LogP contribution in [0.1, 0.15) is 21.8 Å². The second-order valence-electron chi connectivity index (χ2n) is 4.01. The predicted molar refractivity (Wildman–Crippen MR) is 71.9 cm³/mol. The van der Waals surface area contributed by atoms with Gasteiger partial charge in [-0.15, -0.1) is 11.3 Å². The maximum Gasteiger partial charge on any atom is 0.140 e. The lowest BCUT2D eigenvalue weighted by atomic mass is 10.2. The molecule has 0 bridgehead atoms. The minimum Gasteiger partial charge on any atom is -0.492 e. The molecule has 92 valence electrons. The van der Waals surface area contributed by atoms with Gasteiger partial charge in [0.05, 0.1) is 12.3 Å². The van der Waals surface area contributed by atoms with Crippen LogP contribution >= 0.6 is 11.3 Å². The minimum atomic E-state index is 0.534. The Bertz CT molecular complexity index is 570. The lowest BCUT2D eigenvalue weighted by Gasteiger charge is -2.09. The van der Waals surface area contributed by atoms with Crippen LogP contribution in [0.3, 0.4) is 0 Å². The zero-order valence-electron chi connectivity index (χ0n) is 10.4. The Morgan fingerprint density at radius 2 is 2.28 bits per heavy atom. The molecule has 0 aliphatic carbocycles. The normalized spacial score (nSPS) is 10.1. The van der Waals surface area contributed by atoms with E-state index in [0.717, 1.165) is 17.8 Å². The highest BCUT2D eigenvalue weighted by Crippen LogP contribution is 2.21. The van der Waals surface area contributed by atoms with Gasteiger partial charge in [-0.25, -0.2) is 0 Å². The Kier molecular flexibility index (Phi) is 3.96. The molecular formula is C14H14N2OS. The van der Waals surface area contributed by atoms with Gasteiger partial charge in [-0.3, -0.25) is 4.98 Å². The molecule has 0 fully saturated rings. The van der Waals surface area contributed by atoms with E-state index in [9.17, 15) is 0 Å². The zero-order valence-corrected chi connectivity index (χ0v) is 11.3. The Balaban J connectivity index is 2.07. The Morgan fingerprint density at radius 3 is 2.94 bits per heavy atom. The van der Waals surface area contributed by atoms with Crippen LogP contribution in [-0.4, -0.2) is 11.6 Å². The largest absolute Gasteiger partial charge is 0.492 e. The van der Waals surface area contributed by atoms with Crippen LogP contribution in [0.2, 0.25) is 0 Å². The van der Waals surface area contributed by atoms with Crippen molar-refractivity contribution in [1.82, 2.24) is 4.98 Å². The summed E-state index contributed by atoms with van der Waals surface area (Å²) in [5.74, 6) is 0.638. The average molecular weight is 258 g/mol. The maximum absolute atomic E-state index is 9.11. The van der Waals surface area contributed by atoms with Gasteiger partial charge in [0.1, 0.15) is 17.4 Å². The number of pyridine rings is 1. The molecule has 0 amide bonds. The van der Waals surface area contributed by atoms with E-state index in [1.165, 1.54) is 4.88 Å². The van der Waals surface area contributed by atoms with Crippen LogP contribution in [0, 0.1) is 25.2 Å². The van der Waals surface area contributed by atoms with Crippen molar-refractivity contribution in [1.29, 1.82) is 5.26 Å². The smallest absolute Gasteiger partial charge is 0.140 e. The van der Waals surface area contributed by atoms with Crippen molar-refractivity contribution in [2.45, 2.75) is 20.3 Å². The van der Waals surface area contributed by atoms with E-state index in [2.05, 4.69) is 22.5 Å². The molecule has 0 atom stereocenters. The highest BCUT2D eigenvalue weighted by atomic mass is 32.1. The van der Waals surface area contributed by atoms with Gasteiger partial charge in [0, 0.05) is 23.1 Å². The van der Waals surface area contributed by atoms with Crippen molar-refractivity contribution >= 4 is 11.3 Å². The van der Waals surface area contributed by atoms with E-state index in [0.29, 0.717) is 17.9 Å². The molecule has 2 aromatic rings. The first-order chi connectivity index (χ1) is 8.70. The van der Waals surface area contributed by atoms with Crippen molar-refractivity contribution in [3.05, 3.63) is 45.4 Å². The number of hydrogen-bond acceptors (Lipinski definition) is 4. The first-order valence-corrected chi connectivity index (χ1v) is 6.62. The molecule has 0 aliphatic rings. The van der Waals surface area contributed by atoms with Gasteiger partial charge < -0.3 is 4.74 Å². The lowest BCUT2D eigenvalue weighted by Crippen LogP contribution is -2.04. The molecule has 2 aromatic heterocycles. The summed E-state index contributed by atoms with van der Waals surface area (Å²) >= 11 is 1.72. The van der Waals surface area contributed by atoms with Crippen molar-refractivity contribution in [2.75, 3.05) is 6.61 Å². The fourth-order valence-corrected chi connectivity index (χ4v) is 2.45. The Labute approximate surface area is 111 Å². The van der Waals surface area contributed by atoms with Crippen LogP contribution in [0.5, 0.6) is 5.75 Å². The highest BCUT2D eigenvalue weighted by molar-refractivity contribution is 7.09. The van der Waals surface area contributed by atoms with E-state index in [4.69, 9.17) is 10.00 Å². The summed E-state index contributed by atoms with van der Waals surface area (Å²) in [6, 6.07) is 8.08. The van der Waals surface area contributed by atoms with Crippen LogP contribution in [0.15, 0.2) is 23.6 Å². The third-order valence-corrected chi connectivity index (χ3v) is 3.53. The van der Waals surface area contributed by atoms with Crippen LogP contribution < -0.4 is 4.74 Å². The molecule has 0 saturated heterocycles. The Hall–Kier alpha value is -1.86. The van der Waals surface area contributed by atoms with Crippen molar-refractivity contribution in [3.8, 4) is 11.8 Å². The molecule has 4 heteroatoms. The summed E-state index contributed by atoms with van der Waals surface area (Å²) in [6.45, 7) is 4.32. The van der Waals surface area contributed by atoms with Gasteiger partial charge in [-0.05, 0) is 25.3 Å². The Morgan fingerprint density at radius 1 is 1.44 bits per heavy atom. The molecule has 2 heterocycles. The second-order valence-corrected chi connectivity index (χ2v) is 5.04. The number of nitrogens with zero attached hydrogens (tertiary/aromatic N) is 2. The molecule has 0 aliphatic heterocycles. The molecule has 0 N–H and O–H groups in total. The number of aryl methyl sites for hydroxylation is 2. The quantitative estimate of drug-likeness (QED) is 0.845. The summed E-state index contributed by atoms with van der Waals surface area (Å²) in [4.78, 5) is 5.55. The molecule has 0 saturated carbocycles. The van der Waals surface area contributed by atoms with Gasteiger partial charge in [0.15, 0.2) is 0 Å². The molecule has 0 spiro atoms. The van der Waals surface area contributed by atoms with Gasteiger partial charge >= 0.3 is 0 Å². The van der Waals surface area contributed by atoms with Gasteiger partial charge in [0.2, 0.25) is 0 Å². The van der Waals surface area contributed by atoms with E-state index in [-0.39, 0.29) is 0 Å². The average Bonchev–Trinajstić information content (AvgIpc) is 2.81. The molecular weight excluding hydrogens is 244 g/mol. The van der Waals surface area contributed by atoms with E-state index in [1.807, 2.05) is 26.0 Å². The summed E-state index contributed by atoms with van der Waals surface area (Å²) in [5, 5.41) is 11.2. The molecule has 0 unspecified atom stereocenters. The van der Waals surface area contributed by atoms with Gasteiger partial charge in [-0.1, -0.05) is 6.07 Å². The predicted octanol–water partition coefficient (Wildman–Crippen LogP) is 3.25. The first kappa shape index (κ1) is 12.6. The third kappa shape index (κ3) is 2.88. The number of thiophene rings is 1. The highest BCUT2D eigenvalue weighted by Gasteiger charge is 2.09. The number of rotatable bonds is 4. The van der Waals surface area contributed by atoms with E-state index >= 15 is 0 Å². The van der Waals surface area contributed by atoms with Crippen LogP contribution in [-0.2, 0) is 6.42 Å². The topological polar surface area (TPSA) is 45.9 Å². The number of ether oxygens (including phenoxy) is 1. The number of hydrogen-bond donors (Lipinski definition) is 0. The van der Waals surface area contributed by atoms with Gasteiger partial charge in [0.25, 0.3) is 0 Å². The van der Waals surface area contributed by atoms with Crippen molar-refractivity contribution in [2.24, 2.45) is 0 Å². The number of nitriles is 1. The first-order valence-electron chi connectivity index (χ1n) is 5.74. The minimum absolute atomic E-state index is 0.534. The van der Waals surface area contributed by atoms with E-state index in [1.54, 1.807) is 11.3 Å². The summed E-state index contributed by atoms with van der Waals surface area (Å²) in [7, 11) is 0. The van der Waals surface area contributed by atoms with Gasteiger partial charge in [-0.2, -0.15) is 5.26 Å². The SMILES string of the molecule is Cc1cc(OCCc2cccs2)c(C#N)c(C)n1. The summed E-state index contributed by atoms with van der Waals surface area (Å²) < 4.78 is 5.71. The maximum atomic E-state index is 9.11. The van der Waals surface area contributed by atoms with Crippen LogP contribution in [0.4, 0.5) is 0 Å². The molecule has 0 aromatic carbocycles. The van der Waals surface area contributed by atoms with E-state index < -0.39 is 0 Å². The molecule has 0 radical (unpaired) electrons.